The number of aromatic hydroxyl groups is 1. The van der Waals surface area contributed by atoms with Gasteiger partial charge in [0.1, 0.15) is 5.75 Å². The molecule has 1 rings (SSSR count). The van der Waals surface area contributed by atoms with Crippen LogP contribution in [0.2, 0.25) is 0 Å². The molecule has 0 aromatic heterocycles. The van der Waals surface area contributed by atoms with Gasteiger partial charge in [0, 0.05) is 11.5 Å². The predicted molar refractivity (Wildman–Crippen MR) is 82.4 cm³/mol. The van der Waals surface area contributed by atoms with Crippen molar-refractivity contribution >= 4 is 6.08 Å². The number of para-hydroxylation sites is 1. The maximum absolute atomic E-state index is 10.0. The molecule has 0 aliphatic heterocycles. The predicted octanol–water partition coefficient (Wildman–Crippen LogP) is 3.12. The van der Waals surface area contributed by atoms with Crippen molar-refractivity contribution in [2.45, 2.75) is 38.9 Å². The molecule has 0 saturated carbocycles. The second-order valence-electron chi connectivity index (χ2n) is 5.21. The molecule has 0 fully saturated rings. The molecule has 0 bridgehead atoms. The van der Waals surface area contributed by atoms with E-state index < -0.39 is 12.2 Å². The number of rotatable bonds is 7. The molecular weight excluding hydrogens is 252 g/mol. The molecule has 0 aliphatic carbocycles. The molecular formula is C17H24O3. The molecule has 110 valence electrons. The van der Waals surface area contributed by atoms with Crippen LogP contribution in [0.1, 0.15) is 32.3 Å². The third kappa shape index (κ3) is 4.83. The van der Waals surface area contributed by atoms with Crippen LogP contribution < -0.4 is 0 Å². The summed E-state index contributed by atoms with van der Waals surface area (Å²) < 4.78 is 0. The summed E-state index contributed by atoms with van der Waals surface area (Å²) in [7, 11) is 0. The Hall–Kier alpha value is -1.58. The van der Waals surface area contributed by atoms with E-state index in [4.69, 9.17) is 0 Å². The fourth-order valence-corrected chi connectivity index (χ4v) is 2.19. The maximum atomic E-state index is 10.0. The minimum atomic E-state index is -0.611. The highest BCUT2D eigenvalue weighted by Gasteiger charge is 2.20. The van der Waals surface area contributed by atoms with Crippen LogP contribution in [0.4, 0.5) is 0 Å². The second kappa shape index (κ2) is 7.88. The van der Waals surface area contributed by atoms with Gasteiger partial charge in [-0.25, -0.2) is 0 Å². The van der Waals surface area contributed by atoms with E-state index in [1.807, 2.05) is 25.1 Å². The lowest BCUT2D eigenvalue weighted by Crippen LogP contribution is -2.28. The number of phenols is 1. The molecule has 3 heteroatoms. The van der Waals surface area contributed by atoms with Gasteiger partial charge in [-0.2, -0.15) is 0 Å². The van der Waals surface area contributed by atoms with Gasteiger partial charge in [-0.05, 0) is 32.8 Å². The molecule has 0 amide bonds. The number of allylic oxidation sites excluding steroid dienone is 1. The van der Waals surface area contributed by atoms with Crippen LogP contribution in [0.25, 0.3) is 6.08 Å². The molecule has 0 spiro atoms. The molecule has 1 aromatic rings. The van der Waals surface area contributed by atoms with Crippen molar-refractivity contribution in [2.24, 2.45) is 5.92 Å². The molecule has 0 aliphatic rings. The summed E-state index contributed by atoms with van der Waals surface area (Å²) in [4.78, 5) is 0. The van der Waals surface area contributed by atoms with Gasteiger partial charge < -0.3 is 15.3 Å². The Morgan fingerprint density at radius 2 is 1.95 bits per heavy atom. The fourth-order valence-electron chi connectivity index (χ4n) is 2.19. The molecule has 0 saturated heterocycles. The van der Waals surface area contributed by atoms with Crippen LogP contribution in [0, 0.1) is 5.92 Å². The normalized spacial score (nSPS) is 16.5. The highest BCUT2D eigenvalue weighted by atomic mass is 16.3. The number of aliphatic hydroxyl groups excluding tert-OH is 2. The molecule has 1 aromatic carbocycles. The number of hydrogen-bond donors (Lipinski definition) is 3. The quantitative estimate of drug-likeness (QED) is 0.671. The lowest BCUT2D eigenvalue weighted by Gasteiger charge is -2.22. The molecule has 20 heavy (non-hydrogen) atoms. The fraction of sp³-hybridized carbons (Fsp3) is 0.412. The average molecular weight is 276 g/mol. The number of hydrogen-bond acceptors (Lipinski definition) is 3. The highest BCUT2D eigenvalue weighted by molar-refractivity contribution is 5.58. The van der Waals surface area contributed by atoms with Crippen molar-refractivity contribution in [3.63, 3.8) is 0 Å². The minimum absolute atomic E-state index is 0.250. The standard InChI is InChI=1S/C17H24O3/c1-4-15(13(3)18)17(20)10-9-12(2)11-14-7-5-6-8-16(14)19/h4-8,11,13,15,17-20H,1,9-10H2,2-3H3/b12-11+/t13-,15+,17-/m1/s1. The number of aliphatic hydroxyl groups is 2. The van der Waals surface area contributed by atoms with Gasteiger partial charge >= 0.3 is 0 Å². The zero-order valence-electron chi connectivity index (χ0n) is 12.2. The van der Waals surface area contributed by atoms with Gasteiger partial charge in [0.05, 0.1) is 12.2 Å². The molecule has 0 unspecified atom stereocenters. The summed E-state index contributed by atoms with van der Waals surface area (Å²) in [5, 5.41) is 29.3. The van der Waals surface area contributed by atoms with Gasteiger partial charge in [0.15, 0.2) is 0 Å². The van der Waals surface area contributed by atoms with Crippen molar-refractivity contribution in [3.05, 3.63) is 48.1 Å². The Morgan fingerprint density at radius 1 is 1.30 bits per heavy atom. The first-order valence-corrected chi connectivity index (χ1v) is 6.89. The Bertz CT molecular complexity index is 463. The number of benzene rings is 1. The van der Waals surface area contributed by atoms with Crippen molar-refractivity contribution in [1.29, 1.82) is 0 Å². The molecule has 3 nitrogen and oxygen atoms in total. The minimum Gasteiger partial charge on any atom is -0.507 e. The lowest BCUT2D eigenvalue weighted by atomic mass is 9.92. The Labute approximate surface area is 120 Å². The first kappa shape index (κ1) is 16.5. The van der Waals surface area contributed by atoms with Crippen LogP contribution in [-0.2, 0) is 0 Å². The zero-order chi connectivity index (χ0) is 15.1. The van der Waals surface area contributed by atoms with Crippen LogP contribution in [0.3, 0.4) is 0 Å². The third-order valence-corrected chi connectivity index (χ3v) is 3.45. The van der Waals surface area contributed by atoms with Gasteiger partial charge in [0.2, 0.25) is 0 Å². The van der Waals surface area contributed by atoms with Crippen molar-refractivity contribution in [2.75, 3.05) is 0 Å². The molecule has 0 radical (unpaired) electrons. The average Bonchev–Trinajstić information content (AvgIpc) is 2.39. The summed E-state index contributed by atoms with van der Waals surface area (Å²) in [6.45, 7) is 7.26. The van der Waals surface area contributed by atoms with E-state index in [1.54, 1.807) is 25.1 Å². The lowest BCUT2D eigenvalue weighted by molar-refractivity contribution is 0.0422. The van der Waals surface area contributed by atoms with Crippen LogP contribution >= 0.6 is 0 Å². The summed E-state index contributed by atoms with van der Waals surface area (Å²) in [6, 6.07) is 7.14. The highest BCUT2D eigenvalue weighted by Crippen LogP contribution is 2.22. The molecule has 3 atom stereocenters. The van der Waals surface area contributed by atoms with Crippen LogP contribution in [0.15, 0.2) is 42.5 Å². The third-order valence-electron chi connectivity index (χ3n) is 3.45. The van der Waals surface area contributed by atoms with E-state index >= 15 is 0 Å². The first-order valence-electron chi connectivity index (χ1n) is 6.89. The first-order chi connectivity index (χ1) is 9.45. The van der Waals surface area contributed by atoms with E-state index in [1.165, 1.54) is 0 Å². The van der Waals surface area contributed by atoms with Crippen molar-refractivity contribution in [3.8, 4) is 5.75 Å². The molecule has 3 N–H and O–H groups in total. The number of phenolic OH excluding ortho intramolecular Hbond substituents is 1. The summed E-state index contributed by atoms with van der Waals surface area (Å²) in [5.74, 6) is -0.0618. The Kier molecular flexibility index (Phi) is 6.49. The van der Waals surface area contributed by atoms with E-state index in [2.05, 4.69) is 6.58 Å². The summed E-state index contributed by atoms with van der Waals surface area (Å²) in [5.41, 5.74) is 1.84. The van der Waals surface area contributed by atoms with E-state index in [0.29, 0.717) is 12.8 Å². The largest absolute Gasteiger partial charge is 0.507 e. The topological polar surface area (TPSA) is 60.7 Å². The van der Waals surface area contributed by atoms with Gasteiger partial charge in [-0.3, -0.25) is 0 Å². The second-order valence-corrected chi connectivity index (χ2v) is 5.21. The Morgan fingerprint density at radius 3 is 2.50 bits per heavy atom. The van der Waals surface area contributed by atoms with Crippen LogP contribution in [0.5, 0.6) is 5.75 Å². The van der Waals surface area contributed by atoms with Gasteiger partial charge in [0.25, 0.3) is 0 Å². The summed E-state index contributed by atoms with van der Waals surface area (Å²) in [6.07, 6.45) is 3.54. The van der Waals surface area contributed by atoms with Crippen molar-refractivity contribution < 1.29 is 15.3 Å². The van der Waals surface area contributed by atoms with E-state index in [9.17, 15) is 15.3 Å². The van der Waals surface area contributed by atoms with Crippen molar-refractivity contribution in [1.82, 2.24) is 0 Å². The SMILES string of the molecule is C=C[C@H]([C@H](O)CC/C(C)=C/c1ccccc1O)[C@@H](C)O. The van der Waals surface area contributed by atoms with Gasteiger partial charge in [-0.1, -0.05) is 35.9 Å². The zero-order valence-corrected chi connectivity index (χ0v) is 12.2. The van der Waals surface area contributed by atoms with E-state index in [0.717, 1.165) is 11.1 Å². The smallest absolute Gasteiger partial charge is 0.122 e. The summed E-state index contributed by atoms with van der Waals surface area (Å²) >= 11 is 0. The maximum Gasteiger partial charge on any atom is 0.122 e. The Balaban J connectivity index is 2.61. The monoisotopic (exact) mass is 276 g/mol. The van der Waals surface area contributed by atoms with Crippen LogP contribution in [-0.4, -0.2) is 27.5 Å². The van der Waals surface area contributed by atoms with E-state index in [-0.39, 0.29) is 11.7 Å². The van der Waals surface area contributed by atoms with Gasteiger partial charge in [-0.15, -0.1) is 6.58 Å². The molecule has 0 heterocycles.